The van der Waals surface area contributed by atoms with Gasteiger partial charge in [0.05, 0.1) is 11.9 Å². The summed E-state index contributed by atoms with van der Waals surface area (Å²) in [5.41, 5.74) is 2.49. The van der Waals surface area contributed by atoms with Crippen molar-refractivity contribution in [2.75, 3.05) is 25.0 Å². The van der Waals surface area contributed by atoms with Gasteiger partial charge in [0, 0.05) is 30.6 Å². The van der Waals surface area contributed by atoms with Gasteiger partial charge in [-0.25, -0.2) is 9.97 Å². The van der Waals surface area contributed by atoms with Crippen molar-refractivity contribution in [2.24, 2.45) is 0 Å². The minimum atomic E-state index is 0.00517. The van der Waals surface area contributed by atoms with Crippen molar-refractivity contribution < 1.29 is 4.79 Å². The molecule has 0 saturated carbocycles. The minimum Gasteiger partial charge on any atom is -0.360 e. The van der Waals surface area contributed by atoms with E-state index >= 15 is 0 Å². The monoisotopic (exact) mass is 409 g/mol. The van der Waals surface area contributed by atoms with E-state index in [-0.39, 0.29) is 18.5 Å². The van der Waals surface area contributed by atoms with Gasteiger partial charge in [-0.2, -0.15) is 0 Å². The lowest BCUT2D eigenvalue weighted by Crippen LogP contribution is -2.40. The number of carbonyl (C=O) groups excluding carboxylic acids is 1. The fourth-order valence-corrected chi connectivity index (χ4v) is 4.94. The molecule has 0 radical (unpaired) electrons. The molecule has 2 N–H and O–H groups in total. The van der Waals surface area contributed by atoms with E-state index in [0.717, 1.165) is 42.1 Å². The normalized spacial score (nSPS) is 17.0. The number of hydrogen-bond donors (Lipinski definition) is 2. The highest BCUT2D eigenvalue weighted by Gasteiger charge is 2.24. The van der Waals surface area contributed by atoms with Crippen molar-refractivity contribution in [2.45, 2.75) is 39.8 Å². The van der Waals surface area contributed by atoms with Gasteiger partial charge in [0.15, 0.2) is 0 Å². The molecular weight excluding hydrogens is 382 g/mol. The van der Waals surface area contributed by atoms with Crippen LogP contribution in [0.25, 0.3) is 10.2 Å². The van der Waals surface area contributed by atoms with E-state index < -0.39 is 0 Å². The van der Waals surface area contributed by atoms with E-state index in [2.05, 4.69) is 63.6 Å². The van der Waals surface area contributed by atoms with Crippen LogP contribution in [0, 0.1) is 20.8 Å². The van der Waals surface area contributed by atoms with Gasteiger partial charge in [-0.1, -0.05) is 30.3 Å². The van der Waals surface area contributed by atoms with Crippen LogP contribution >= 0.6 is 11.3 Å². The van der Waals surface area contributed by atoms with E-state index in [1.165, 1.54) is 16.0 Å². The lowest BCUT2D eigenvalue weighted by atomic mass is 10.2. The van der Waals surface area contributed by atoms with Crippen LogP contribution in [0.3, 0.4) is 0 Å². The number of thiophene rings is 1. The molecule has 29 heavy (non-hydrogen) atoms. The quantitative estimate of drug-likeness (QED) is 0.653. The zero-order valence-corrected chi connectivity index (χ0v) is 18.0. The highest BCUT2D eigenvalue weighted by Crippen LogP contribution is 2.33. The average Bonchev–Trinajstić information content (AvgIpc) is 3.24. The van der Waals surface area contributed by atoms with E-state index in [0.29, 0.717) is 5.82 Å². The van der Waals surface area contributed by atoms with Crippen LogP contribution in [0.15, 0.2) is 30.3 Å². The molecular formula is C22H27N5OS. The Morgan fingerprint density at radius 1 is 1.21 bits per heavy atom. The van der Waals surface area contributed by atoms with Crippen LogP contribution in [0.4, 0.5) is 5.82 Å². The third-order valence-corrected chi connectivity index (χ3v) is 6.54. The predicted octanol–water partition coefficient (Wildman–Crippen LogP) is 3.42. The summed E-state index contributed by atoms with van der Waals surface area (Å²) in [6.07, 6.45) is 0.984. The van der Waals surface area contributed by atoms with Crippen molar-refractivity contribution in [3.05, 3.63) is 52.2 Å². The maximum Gasteiger partial charge on any atom is 0.239 e. The van der Waals surface area contributed by atoms with Crippen LogP contribution in [-0.4, -0.2) is 46.5 Å². The molecule has 3 aromatic rings. The summed E-state index contributed by atoms with van der Waals surface area (Å²) < 4.78 is 0. The first-order chi connectivity index (χ1) is 14.0. The van der Waals surface area contributed by atoms with E-state index in [1.807, 2.05) is 13.0 Å². The Morgan fingerprint density at radius 3 is 2.79 bits per heavy atom. The van der Waals surface area contributed by atoms with Crippen molar-refractivity contribution in [1.29, 1.82) is 0 Å². The fraction of sp³-hybridized carbons (Fsp3) is 0.409. The molecule has 3 heterocycles. The molecule has 0 bridgehead atoms. The summed E-state index contributed by atoms with van der Waals surface area (Å²) in [5, 5.41) is 7.43. The summed E-state index contributed by atoms with van der Waals surface area (Å²) in [6, 6.07) is 10.7. The van der Waals surface area contributed by atoms with Crippen LogP contribution in [0.1, 0.15) is 28.2 Å². The Balaban J connectivity index is 1.32. The number of amides is 1. The molecule has 4 rings (SSSR count). The molecule has 0 unspecified atom stereocenters. The van der Waals surface area contributed by atoms with E-state index in [1.54, 1.807) is 11.3 Å². The zero-order chi connectivity index (χ0) is 20.4. The second-order valence-corrected chi connectivity index (χ2v) is 8.91. The second kappa shape index (κ2) is 8.47. The number of aryl methyl sites for hydroxylation is 3. The highest BCUT2D eigenvalue weighted by molar-refractivity contribution is 7.18. The third kappa shape index (κ3) is 4.57. The van der Waals surface area contributed by atoms with Crippen molar-refractivity contribution in [3.8, 4) is 0 Å². The predicted molar refractivity (Wildman–Crippen MR) is 118 cm³/mol. The standard InChI is InChI=1S/C22H27N5OS/c1-14-15(2)29-22-20(14)21(24-16(3)25-22)23-11-19(28)26-18-9-10-27(13-18)12-17-7-5-4-6-8-17/h4-8,18H,9-13H2,1-3H3,(H,26,28)(H,23,24,25)/t18-/m1/s1. The number of fused-ring (bicyclic) bond motifs is 1. The topological polar surface area (TPSA) is 70.2 Å². The van der Waals surface area contributed by atoms with Gasteiger partial charge >= 0.3 is 0 Å². The number of carbonyl (C=O) groups is 1. The maximum atomic E-state index is 12.5. The van der Waals surface area contributed by atoms with E-state index in [4.69, 9.17) is 0 Å². The third-order valence-electron chi connectivity index (χ3n) is 5.44. The lowest BCUT2D eigenvalue weighted by molar-refractivity contribution is -0.120. The SMILES string of the molecule is Cc1nc(NCC(=O)N[C@@H]2CCN(Cc3ccccc3)C2)c2c(C)c(C)sc2n1. The molecule has 1 aromatic carbocycles. The Kier molecular flexibility index (Phi) is 5.78. The molecule has 1 aliphatic rings. The molecule has 1 fully saturated rings. The van der Waals surface area contributed by atoms with Crippen LogP contribution in [0.2, 0.25) is 0 Å². The molecule has 7 heteroatoms. The molecule has 1 amide bonds. The van der Waals surface area contributed by atoms with Gasteiger partial charge in [-0.05, 0) is 38.3 Å². The molecule has 0 spiro atoms. The van der Waals surface area contributed by atoms with Gasteiger partial charge in [0.2, 0.25) is 5.91 Å². The first-order valence-electron chi connectivity index (χ1n) is 10.0. The number of anilines is 1. The smallest absolute Gasteiger partial charge is 0.239 e. The summed E-state index contributed by atoms with van der Waals surface area (Å²) in [5.74, 6) is 1.47. The number of nitrogens with zero attached hydrogens (tertiary/aromatic N) is 3. The average molecular weight is 410 g/mol. The van der Waals surface area contributed by atoms with Gasteiger partial charge in [0.1, 0.15) is 16.5 Å². The van der Waals surface area contributed by atoms with Gasteiger partial charge in [-0.3, -0.25) is 9.69 Å². The number of likely N-dealkylation sites (tertiary alicyclic amines) is 1. The van der Waals surface area contributed by atoms with Gasteiger partial charge in [0.25, 0.3) is 0 Å². The van der Waals surface area contributed by atoms with Gasteiger partial charge in [-0.15, -0.1) is 11.3 Å². The molecule has 6 nitrogen and oxygen atoms in total. The van der Waals surface area contributed by atoms with Crippen molar-refractivity contribution in [1.82, 2.24) is 20.2 Å². The second-order valence-electron chi connectivity index (χ2n) is 7.71. The summed E-state index contributed by atoms with van der Waals surface area (Å²) >= 11 is 1.67. The summed E-state index contributed by atoms with van der Waals surface area (Å²) in [4.78, 5) is 26.2. The number of hydrogen-bond acceptors (Lipinski definition) is 6. The minimum absolute atomic E-state index is 0.00517. The molecule has 2 aromatic heterocycles. The largest absolute Gasteiger partial charge is 0.360 e. The Labute approximate surface area is 175 Å². The highest BCUT2D eigenvalue weighted by atomic mass is 32.1. The van der Waals surface area contributed by atoms with Crippen LogP contribution < -0.4 is 10.6 Å². The van der Waals surface area contributed by atoms with Gasteiger partial charge < -0.3 is 10.6 Å². The molecule has 1 atom stereocenters. The van der Waals surface area contributed by atoms with Crippen LogP contribution in [-0.2, 0) is 11.3 Å². The molecule has 1 saturated heterocycles. The maximum absolute atomic E-state index is 12.5. The lowest BCUT2D eigenvalue weighted by Gasteiger charge is -2.17. The number of benzene rings is 1. The fourth-order valence-electron chi connectivity index (χ4n) is 3.86. The van der Waals surface area contributed by atoms with E-state index in [9.17, 15) is 4.79 Å². The Hall–Kier alpha value is -2.51. The Bertz CT molecular complexity index is 1020. The number of rotatable bonds is 6. The Morgan fingerprint density at radius 2 is 2.00 bits per heavy atom. The molecule has 1 aliphatic heterocycles. The first-order valence-corrected chi connectivity index (χ1v) is 10.8. The van der Waals surface area contributed by atoms with Crippen LogP contribution in [0.5, 0.6) is 0 Å². The summed E-state index contributed by atoms with van der Waals surface area (Å²) in [7, 11) is 0. The molecule has 0 aliphatic carbocycles. The zero-order valence-electron chi connectivity index (χ0n) is 17.2. The van der Waals surface area contributed by atoms with Crippen molar-refractivity contribution in [3.63, 3.8) is 0 Å². The number of nitrogens with one attached hydrogen (secondary N) is 2. The molecule has 152 valence electrons. The number of aromatic nitrogens is 2. The van der Waals surface area contributed by atoms with Crippen molar-refractivity contribution >= 4 is 33.3 Å². The first kappa shape index (κ1) is 19.8. The summed E-state index contributed by atoms with van der Waals surface area (Å²) in [6.45, 7) is 9.10.